The van der Waals surface area contributed by atoms with E-state index in [0.717, 1.165) is 54.0 Å². The Kier molecular flexibility index (Phi) is 5.50. The van der Waals surface area contributed by atoms with Gasteiger partial charge >= 0.3 is 0 Å². The predicted molar refractivity (Wildman–Crippen MR) is 117 cm³/mol. The molecule has 1 aliphatic heterocycles. The molecule has 0 bridgehead atoms. The van der Waals surface area contributed by atoms with Gasteiger partial charge in [0.05, 0.1) is 24.9 Å². The Balaban J connectivity index is 1.29. The number of pyridine rings is 2. The van der Waals surface area contributed by atoms with Gasteiger partial charge in [-0.3, -0.25) is 19.7 Å². The first-order valence-electron chi connectivity index (χ1n) is 10.5. The number of nitrogens with zero attached hydrogens (tertiary/aromatic N) is 5. The molecule has 5 heterocycles. The van der Waals surface area contributed by atoms with Gasteiger partial charge in [-0.1, -0.05) is 0 Å². The van der Waals surface area contributed by atoms with E-state index >= 15 is 0 Å². The minimum atomic E-state index is 0.0931. The van der Waals surface area contributed by atoms with Gasteiger partial charge in [0.25, 0.3) is 0 Å². The third kappa shape index (κ3) is 4.22. The van der Waals surface area contributed by atoms with Crippen LogP contribution in [0.4, 0.5) is 0 Å². The molecule has 1 aliphatic rings. The van der Waals surface area contributed by atoms with Crippen LogP contribution in [0.5, 0.6) is 0 Å². The van der Waals surface area contributed by atoms with E-state index in [9.17, 15) is 4.79 Å². The highest BCUT2D eigenvalue weighted by Gasteiger charge is 2.20. The Hall–Kier alpha value is -3.45. The van der Waals surface area contributed by atoms with Crippen molar-refractivity contribution < 1.29 is 9.53 Å². The Morgan fingerprint density at radius 3 is 2.68 bits per heavy atom. The molecule has 31 heavy (non-hydrogen) atoms. The molecule has 0 amide bonds. The van der Waals surface area contributed by atoms with Crippen LogP contribution in [0.15, 0.2) is 61.4 Å². The molecule has 0 N–H and O–H groups in total. The molecule has 156 valence electrons. The van der Waals surface area contributed by atoms with Crippen molar-refractivity contribution in [1.29, 1.82) is 0 Å². The Morgan fingerprint density at radius 1 is 1.00 bits per heavy atom. The van der Waals surface area contributed by atoms with Gasteiger partial charge in [0.15, 0.2) is 5.78 Å². The summed E-state index contributed by atoms with van der Waals surface area (Å²) in [6, 6.07) is 7.98. The molecule has 1 saturated heterocycles. The van der Waals surface area contributed by atoms with E-state index in [1.165, 1.54) is 5.56 Å². The van der Waals surface area contributed by atoms with E-state index in [1.807, 2.05) is 29.1 Å². The van der Waals surface area contributed by atoms with Crippen molar-refractivity contribution in [3.8, 4) is 11.3 Å². The van der Waals surface area contributed by atoms with Crippen LogP contribution in [0.2, 0.25) is 0 Å². The summed E-state index contributed by atoms with van der Waals surface area (Å²) >= 11 is 0. The maximum absolute atomic E-state index is 12.7. The second-order valence-corrected chi connectivity index (χ2v) is 7.81. The minimum Gasteiger partial charge on any atom is -0.381 e. The van der Waals surface area contributed by atoms with Crippen LogP contribution in [-0.4, -0.2) is 43.5 Å². The van der Waals surface area contributed by atoms with Crippen molar-refractivity contribution in [2.45, 2.75) is 31.7 Å². The number of rotatable bonds is 6. The Morgan fingerprint density at radius 2 is 1.90 bits per heavy atom. The van der Waals surface area contributed by atoms with Crippen LogP contribution >= 0.6 is 0 Å². The molecular weight excluding hydrogens is 390 g/mol. The number of aromatic nitrogens is 5. The first kappa shape index (κ1) is 19.5. The van der Waals surface area contributed by atoms with Gasteiger partial charge in [-0.2, -0.15) is 0 Å². The van der Waals surface area contributed by atoms with Gasteiger partial charge in [0.2, 0.25) is 0 Å². The number of hydrogen-bond donors (Lipinski definition) is 0. The normalized spacial score (nSPS) is 14.7. The summed E-state index contributed by atoms with van der Waals surface area (Å²) in [5.74, 6) is 0.582. The highest BCUT2D eigenvalue weighted by Crippen LogP contribution is 2.32. The van der Waals surface area contributed by atoms with Crippen molar-refractivity contribution in [2.24, 2.45) is 0 Å². The first-order chi connectivity index (χ1) is 15.3. The lowest BCUT2D eigenvalue weighted by Gasteiger charge is -2.22. The van der Waals surface area contributed by atoms with Gasteiger partial charge < -0.3 is 9.30 Å². The molecule has 4 aromatic rings. The summed E-state index contributed by atoms with van der Waals surface area (Å²) in [5.41, 5.74) is 4.55. The molecule has 0 radical (unpaired) electrons. The third-order valence-corrected chi connectivity index (χ3v) is 5.77. The molecule has 0 saturated carbocycles. The van der Waals surface area contributed by atoms with Crippen LogP contribution in [0.1, 0.15) is 30.0 Å². The highest BCUT2D eigenvalue weighted by molar-refractivity contribution is 5.85. The van der Waals surface area contributed by atoms with Gasteiger partial charge in [0, 0.05) is 60.8 Å². The van der Waals surface area contributed by atoms with Crippen molar-refractivity contribution in [2.75, 3.05) is 13.2 Å². The number of Topliss-reactive ketones (excluding diaryl/α,β-unsaturated/α-hetero) is 1. The fourth-order valence-electron chi connectivity index (χ4n) is 4.18. The molecule has 0 unspecified atom stereocenters. The number of ketones is 1. The lowest BCUT2D eigenvalue weighted by atomic mass is 9.90. The zero-order valence-electron chi connectivity index (χ0n) is 17.1. The average molecular weight is 413 g/mol. The van der Waals surface area contributed by atoms with Crippen LogP contribution in [0.3, 0.4) is 0 Å². The maximum Gasteiger partial charge on any atom is 0.158 e. The third-order valence-electron chi connectivity index (χ3n) is 5.77. The number of hydrogen-bond acceptors (Lipinski definition) is 6. The van der Waals surface area contributed by atoms with E-state index in [4.69, 9.17) is 4.74 Å². The van der Waals surface area contributed by atoms with E-state index in [1.54, 1.807) is 24.8 Å². The van der Waals surface area contributed by atoms with E-state index in [0.29, 0.717) is 5.92 Å². The first-order valence-corrected chi connectivity index (χ1v) is 10.5. The summed E-state index contributed by atoms with van der Waals surface area (Å²) in [7, 11) is 0. The molecule has 1 fully saturated rings. The van der Waals surface area contributed by atoms with Gasteiger partial charge in [-0.05, 0) is 48.6 Å². The number of ether oxygens (including phenoxy) is 1. The van der Waals surface area contributed by atoms with Crippen LogP contribution in [0.25, 0.3) is 22.3 Å². The smallest absolute Gasteiger partial charge is 0.158 e. The standard InChI is InChI=1S/C24H23N5O2/c30-20(13-19-2-1-18(14-28-19)23-15-25-8-9-26-23)16-29-10-4-22-21(3-7-27-24(22)29)17-5-11-31-12-6-17/h1-4,7-10,14-15,17H,5-6,11-13,16H2. The monoisotopic (exact) mass is 413 g/mol. The summed E-state index contributed by atoms with van der Waals surface area (Å²) in [5, 5.41) is 1.13. The molecule has 5 rings (SSSR count). The molecule has 7 nitrogen and oxygen atoms in total. The summed E-state index contributed by atoms with van der Waals surface area (Å²) in [6.45, 7) is 1.88. The molecule has 4 aromatic heterocycles. The molecule has 7 heteroatoms. The fraction of sp³-hybridized carbons (Fsp3) is 0.292. The van der Waals surface area contributed by atoms with E-state index < -0.39 is 0 Å². The second-order valence-electron chi connectivity index (χ2n) is 7.81. The summed E-state index contributed by atoms with van der Waals surface area (Å²) < 4.78 is 7.44. The Labute approximate surface area is 180 Å². The predicted octanol–water partition coefficient (Wildman–Crippen LogP) is 3.59. The lowest BCUT2D eigenvalue weighted by molar-refractivity contribution is -0.119. The largest absolute Gasteiger partial charge is 0.381 e. The maximum atomic E-state index is 12.7. The van der Waals surface area contributed by atoms with E-state index in [-0.39, 0.29) is 18.7 Å². The van der Waals surface area contributed by atoms with Gasteiger partial charge in [-0.15, -0.1) is 0 Å². The summed E-state index contributed by atoms with van der Waals surface area (Å²) in [6.07, 6.45) is 12.9. The van der Waals surface area contributed by atoms with Crippen LogP contribution in [-0.2, 0) is 22.5 Å². The molecular formula is C24H23N5O2. The fourth-order valence-corrected chi connectivity index (χ4v) is 4.18. The number of fused-ring (bicyclic) bond motifs is 1. The van der Waals surface area contributed by atoms with Crippen LogP contribution in [0, 0.1) is 0 Å². The van der Waals surface area contributed by atoms with Gasteiger partial charge in [-0.25, -0.2) is 4.98 Å². The quantitative estimate of drug-likeness (QED) is 0.480. The van der Waals surface area contributed by atoms with Crippen molar-refractivity contribution in [3.05, 3.63) is 72.7 Å². The van der Waals surface area contributed by atoms with Crippen LogP contribution < -0.4 is 0 Å². The number of carbonyl (C=O) groups is 1. The lowest BCUT2D eigenvalue weighted by Crippen LogP contribution is -2.15. The van der Waals surface area contributed by atoms with E-state index in [2.05, 4.69) is 32.1 Å². The molecule has 0 aromatic carbocycles. The minimum absolute atomic E-state index is 0.0931. The molecule has 0 aliphatic carbocycles. The molecule has 0 spiro atoms. The zero-order valence-corrected chi connectivity index (χ0v) is 17.1. The molecule has 0 atom stereocenters. The summed E-state index contributed by atoms with van der Waals surface area (Å²) in [4.78, 5) is 30.1. The van der Waals surface area contributed by atoms with Crippen molar-refractivity contribution in [1.82, 2.24) is 24.5 Å². The Bertz CT molecular complexity index is 1180. The zero-order chi connectivity index (χ0) is 21.0. The average Bonchev–Trinajstić information content (AvgIpc) is 3.23. The number of carbonyl (C=O) groups excluding carboxylic acids is 1. The highest BCUT2D eigenvalue weighted by atomic mass is 16.5. The topological polar surface area (TPSA) is 82.8 Å². The SMILES string of the molecule is O=C(Cc1ccc(-c2cnccn2)cn1)Cn1ccc2c(C3CCOCC3)ccnc21. The second kappa shape index (κ2) is 8.73. The van der Waals surface area contributed by atoms with Crippen molar-refractivity contribution >= 4 is 16.8 Å². The van der Waals surface area contributed by atoms with Crippen molar-refractivity contribution in [3.63, 3.8) is 0 Å². The van der Waals surface area contributed by atoms with Gasteiger partial charge in [0.1, 0.15) is 5.65 Å².